The lowest BCUT2D eigenvalue weighted by Gasteiger charge is -2.15. The van der Waals surface area contributed by atoms with Crippen molar-refractivity contribution >= 4 is 35.4 Å². The molecule has 0 saturated carbocycles. The Labute approximate surface area is 424 Å². The zero-order valence-corrected chi connectivity index (χ0v) is 42.9. The van der Waals surface area contributed by atoms with E-state index in [1.54, 1.807) is 40.9 Å². The predicted octanol–water partition coefficient (Wildman–Crippen LogP) is 3.95. The van der Waals surface area contributed by atoms with Crippen LogP contribution in [0.2, 0.25) is 0 Å². The summed E-state index contributed by atoms with van der Waals surface area (Å²) in [5, 5.41) is 31.0. The van der Waals surface area contributed by atoms with E-state index in [9.17, 15) is 29.7 Å². The molecule has 0 saturated heterocycles. The molecule has 0 fully saturated rings. The Balaban J connectivity index is 0.000000237. The van der Waals surface area contributed by atoms with Crippen molar-refractivity contribution in [3.63, 3.8) is 0 Å². The van der Waals surface area contributed by atoms with E-state index in [-0.39, 0.29) is 108 Å². The summed E-state index contributed by atoms with van der Waals surface area (Å²) in [4.78, 5) is 60.3. The van der Waals surface area contributed by atoms with Gasteiger partial charge in [0, 0.05) is 57.1 Å². The number of carbonyl (C=O) groups excluding carboxylic acids is 3. The monoisotopic (exact) mass is 1030 g/mol. The van der Waals surface area contributed by atoms with Crippen molar-refractivity contribution in [2.45, 2.75) is 77.9 Å². The molecule has 3 aliphatic rings. The van der Waals surface area contributed by atoms with Crippen LogP contribution in [0.25, 0.3) is 0 Å². The van der Waals surface area contributed by atoms with E-state index < -0.39 is 28.6 Å². The minimum absolute atomic E-state index is 0.0199. The summed E-state index contributed by atoms with van der Waals surface area (Å²) in [5.74, 6) is -0.634. The number of aromatic hydroxyl groups is 3. The molecule has 3 atom stereocenters. The fourth-order valence-corrected chi connectivity index (χ4v) is 6.25. The van der Waals surface area contributed by atoms with Crippen LogP contribution in [-0.4, -0.2) is 189 Å². The molecule has 0 amide bonds. The van der Waals surface area contributed by atoms with Crippen LogP contribution in [0.5, 0.6) is 34.5 Å². The molecule has 0 unspecified atom stereocenters. The van der Waals surface area contributed by atoms with Crippen molar-refractivity contribution in [2.24, 2.45) is 15.0 Å². The maximum absolute atomic E-state index is 12.0. The lowest BCUT2D eigenvalue weighted by atomic mass is 10.0. The van der Waals surface area contributed by atoms with Gasteiger partial charge in [-0.05, 0) is 47.5 Å². The van der Waals surface area contributed by atoms with Crippen molar-refractivity contribution in [1.29, 1.82) is 0 Å². The third-order valence-electron chi connectivity index (χ3n) is 10.5. The van der Waals surface area contributed by atoms with Crippen molar-refractivity contribution < 1.29 is 86.5 Å². The number of carbonyl (C=O) groups is 3. The van der Waals surface area contributed by atoms with Gasteiger partial charge in [0.05, 0.1) is 46.8 Å². The summed E-state index contributed by atoms with van der Waals surface area (Å²) in [6.07, 6.45) is 6.29. The van der Waals surface area contributed by atoms with Gasteiger partial charge in [0.2, 0.25) is 17.7 Å². The van der Waals surface area contributed by atoms with Crippen LogP contribution in [0.3, 0.4) is 0 Å². The topological polar surface area (TPSA) is 298 Å². The van der Waals surface area contributed by atoms with Crippen LogP contribution in [0.1, 0.15) is 78.4 Å². The van der Waals surface area contributed by atoms with Gasteiger partial charge < -0.3 is 72.2 Å². The number of ether oxygens (including phenoxy) is 12. The molecule has 3 N–H and O–H groups in total. The number of hydrogen-bond acceptors (Lipinski definition) is 24. The van der Waals surface area contributed by atoms with Crippen molar-refractivity contribution in [3.8, 4) is 34.5 Å². The van der Waals surface area contributed by atoms with Crippen LogP contribution in [-0.2, 0) is 57.0 Å². The average Bonchev–Trinajstić information content (AvgIpc) is 4.11. The Morgan fingerprint density at radius 2 is 0.890 bits per heavy atom. The summed E-state index contributed by atoms with van der Waals surface area (Å²) < 4.78 is 63.3. The Hall–Kier alpha value is -6.89. The number of pyridine rings is 3. The standard InChI is InChI=1S/C17H24N2O6.2C16H22N2O6/c1-4-8-22-9-10-24-12-6-7-18-13(14(12)20)15-19-17(3,11-25-15)16(21)23-5-2;1-11(19)16(2)10-24-15(18-16)13-14(20)12(4-5-17-13)23-9-8-22-7-6-21-3;1-4-7-22-8-9-23-11-5-6-17-12(13(11)19)14-18-16(2,10-24-14)15(20)21-3/h6-7,20H,4-5,8-11H2,1-3H3;4-5,20H,6-10H2,1-3H3;5-6,19H,4,7-10H2,1-3H3/t17-;2*16-/m111/s1. The van der Waals surface area contributed by atoms with Crippen LogP contribution >= 0.6 is 0 Å². The van der Waals surface area contributed by atoms with Gasteiger partial charge in [-0.1, -0.05) is 13.8 Å². The number of esters is 2. The second-order valence-electron chi connectivity index (χ2n) is 16.6. The quantitative estimate of drug-likeness (QED) is 0.0757. The SMILES string of the molecule is CCCOCCOc1ccnc(C2=N[C@@](C)(C(=O)OC)CO2)c1O.CCCOCCOc1ccnc(C2=N[C@@](C)(C(=O)OCC)CO2)c1O.COCCOCCOc1ccnc(C2=N[C@@](C)(C(C)=O)CO2)c1O. The van der Waals surface area contributed by atoms with Gasteiger partial charge in [-0.15, -0.1) is 0 Å². The number of aliphatic imine (C=N–C) groups is 3. The predicted molar refractivity (Wildman–Crippen MR) is 261 cm³/mol. The van der Waals surface area contributed by atoms with Crippen LogP contribution in [0.4, 0.5) is 0 Å². The normalized spacial score (nSPS) is 19.5. The molecule has 3 aromatic heterocycles. The first-order valence-electron chi connectivity index (χ1n) is 23.6. The first-order valence-corrected chi connectivity index (χ1v) is 23.6. The Morgan fingerprint density at radius 3 is 1.23 bits per heavy atom. The van der Waals surface area contributed by atoms with Crippen molar-refractivity contribution in [1.82, 2.24) is 15.0 Å². The van der Waals surface area contributed by atoms with E-state index >= 15 is 0 Å². The smallest absolute Gasteiger partial charge is 0.337 e. The van der Waals surface area contributed by atoms with Gasteiger partial charge in [0.25, 0.3) is 0 Å². The summed E-state index contributed by atoms with van der Waals surface area (Å²) in [6, 6.07) is 4.61. The molecule has 0 radical (unpaired) electrons. The first-order chi connectivity index (χ1) is 35.0. The largest absolute Gasteiger partial charge is 0.503 e. The highest BCUT2D eigenvalue weighted by Gasteiger charge is 2.43. The van der Waals surface area contributed by atoms with Gasteiger partial charge in [-0.25, -0.2) is 39.5 Å². The number of methoxy groups -OCH3 is 2. The van der Waals surface area contributed by atoms with Crippen LogP contribution in [0, 0.1) is 0 Å². The highest BCUT2D eigenvalue weighted by atomic mass is 16.6. The molecular weight excluding hydrogens is 961 g/mol. The van der Waals surface area contributed by atoms with E-state index in [0.29, 0.717) is 59.5 Å². The molecule has 402 valence electrons. The van der Waals surface area contributed by atoms with Gasteiger partial charge in [0.15, 0.2) is 74.0 Å². The maximum Gasteiger partial charge on any atom is 0.337 e. The van der Waals surface area contributed by atoms with E-state index in [1.807, 2.05) is 13.8 Å². The van der Waals surface area contributed by atoms with Gasteiger partial charge in [-0.2, -0.15) is 0 Å². The highest BCUT2D eigenvalue weighted by Crippen LogP contribution is 2.35. The number of nitrogens with zero attached hydrogens (tertiary/aromatic N) is 6. The zero-order valence-electron chi connectivity index (χ0n) is 42.9. The fraction of sp³-hybridized carbons (Fsp3) is 0.571. The molecule has 24 heteroatoms. The summed E-state index contributed by atoms with van der Waals surface area (Å²) in [7, 11) is 2.88. The van der Waals surface area contributed by atoms with Crippen LogP contribution < -0.4 is 14.2 Å². The number of ketones is 1. The molecular formula is C49H68N6O18. The second-order valence-corrected chi connectivity index (χ2v) is 16.6. The summed E-state index contributed by atoms with van der Waals surface area (Å²) >= 11 is 0. The van der Waals surface area contributed by atoms with Crippen molar-refractivity contribution in [3.05, 3.63) is 53.9 Å². The van der Waals surface area contributed by atoms with Gasteiger partial charge in [-0.3, -0.25) is 4.79 Å². The zero-order chi connectivity index (χ0) is 53.4. The molecule has 24 nitrogen and oxygen atoms in total. The Morgan fingerprint density at radius 1 is 0.534 bits per heavy atom. The minimum atomic E-state index is -1.15. The summed E-state index contributed by atoms with van der Waals surface area (Å²) in [6.45, 7) is 16.9. The van der Waals surface area contributed by atoms with E-state index in [4.69, 9.17) is 56.8 Å². The Kier molecular flexibility index (Phi) is 23.3. The van der Waals surface area contributed by atoms with E-state index in [1.165, 1.54) is 44.8 Å². The lowest BCUT2D eigenvalue weighted by Crippen LogP contribution is -2.36. The number of Topliss-reactive ketones (excluding diaryl/α,β-unsaturated/α-hetero) is 1. The second kappa shape index (κ2) is 29.0. The fourth-order valence-electron chi connectivity index (χ4n) is 6.25. The van der Waals surface area contributed by atoms with Crippen molar-refractivity contribution in [2.75, 3.05) is 107 Å². The minimum Gasteiger partial charge on any atom is -0.503 e. The molecule has 0 bridgehead atoms. The third kappa shape index (κ3) is 16.6. The summed E-state index contributed by atoms with van der Waals surface area (Å²) in [5.41, 5.74) is -2.85. The van der Waals surface area contributed by atoms with Crippen LogP contribution in [0.15, 0.2) is 51.8 Å². The molecule has 0 aromatic carbocycles. The highest BCUT2D eigenvalue weighted by molar-refractivity contribution is 6.02. The lowest BCUT2D eigenvalue weighted by molar-refractivity contribution is -0.149. The number of aromatic nitrogens is 3. The molecule has 0 aliphatic carbocycles. The molecule has 73 heavy (non-hydrogen) atoms. The maximum atomic E-state index is 12.0. The first kappa shape index (κ1) is 58.7. The average molecular weight is 1030 g/mol. The number of hydrogen-bond donors (Lipinski definition) is 3. The molecule has 3 aromatic rings. The third-order valence-corrected chi connectivity index (χ3v) is 10.5. The van der Waals surface area contributed by atoms with Gasteiger partial charge >= 0.3 is 11.9 Å². The number of rotatable bonds is 26. The molecule has 3 aliphatic heterocycles. The van der Waals surface area contributed by atoms with Gasteiger partial charge in [0.1, 0.15) is 39.6 Å². The molecule has 0 spiro atoms. The molecule has 6 heterocycles. The van der Waals surface area contributed by atoms with E-state index in [2.05, 4.69) is 29.9 Å². The Bertz CT molecular complexity index is 2390. The van der Waals surface area contributed by atoms with E-state index in [0.717, 1.165) is 12.8 Å². The molecule has 6 rings (SSSR count).